The Balaban J connectivity index is 1.76. The average Bonchev–Trinajstić information content (AvgIpc) is 3.14. The summed E-state index contributed by atoms with van der Waals surface area (Å²) in [7, 11) is 0. The SMILES string of the molecule is CC(CCc1ccc(Br)cc1)NC(=O)c1cnn(-c2ccc(F)cc2)c1C(F)(F)F. The second kappa shape index (κ2) is 8.99. The second-order valence-corrected chi connectivity index (χ2v) is 7.75. The molecule has 3 rings (SSSR count). The molecule has 9 heteroatoms. The highest BCUT2D eigenvalue weighted by Crippen LogP contribution is 2.33. The Hall–Kier alpha value is -2.68. The standard InChI is InChI=1S/C21H18BrF4N3O/c1-13(2-3-14-4-6-15(22)7-5-14)28-20(30)18-12-27-29(19(18)21(24,25)26)17-10-8-16(23)9-11-17/h4-13H,2-3H2,1H3,(H,28,30). The maximum atomic E-state index is 13.7. The van der Waals surface area contributed by atoms with Crippen molar-refractivity contribution < 1.29 is 22.4 Å². The normalized spacial score (nSPS) is 12.6. The van der Waals surface area contributed by atoms with Crippen molar-refractivity contribution in [3.05, 3.63) is 81.8 Å². The summed E-state index contributed by atoms with van der Waals surface area (Å²) in [5, 5.41) is 6.32. The van der Waals surface area contributed by atoms with E-state index in [9.17, 15) is 22.4 Å². The second-order valence-electron chi connectivity index (χ2n) is 6.83. The topological polar surface area (TPSA) is 46.9 Å². The lowest BCUT2D eigenvalue weighted by Gasteiger charge is -2.16. The van der Waals surface area contributed by atoms with Gasteiger partial charge in [0.1, 0.15) is 5.82 Å². The van der Waals surface area contributed by atoms with Crippen LogP contribution in [0.25, 0.3) is 5.69 Å². The molecule has 1 atom stereocenters. The first-order valence-electron chi connectivity index (χ1n) is 9.11. The van der Waals surface area contributed by atoms with E-state index in [0.717, 1.165) is 28.4 Å². The molecule has 1 amide bonds. The van der Waals surface area contributed by atoms with Gasteiger partial charge in [-0.15, -0.1) is 0 Å². The molecule has 1 N–H and O–H groups in total. The molecule has 0 aliphatic heterocycles. The molecule has 0 radical (unpaired) electrons. The lowest BCUT2D eigenvalue weighted by atomic mass is 10.1. The number of aryl methyl sites for hydroxylation is 1. The van der Waals surface area contributed by atoms with Crippen molar-refractivity contribution in [2.45, 2.75) is 32.0 Å². The van der Waals surface area contributed by atoms with Crippen LogP contribution >= 0.6 is 15.9 Å². The van der Waals surface area contributed by atoms with Crippen LogP contribution in [0.4, 0.5) is 17.6 Å². The van der Waals surface area contributed by atoms with Crippen LogP contribution in [0.1, 0.15) is 35.0 Å². The average molecular weight is 484 g/mol. The zero-order valence-corrected chi connectivity index (χ0v) is 17.5. The van der Waals surface area contributed by atoms with Crippen molar-refractivity contribution >= 4 is 21.8 Å². The van der Waals surface area contributed by atoms with Crippen LogP contribution in [-0.2, 0) is 12.6 Å². The van der Waals surface area contributed by atoms with Gasteiger partial charge in [-0.2, -0.15) is 18.3 Å². The quantitative estimate of drug-likeness (QED) is 0.467. The molecule has 0 aliphatic carbocycles. The van der Waals surface area contributed by atoms with Crippen molar-refractivity contribution in [1.82, 2.24) is 15.1 Å². The Morgan fingerprint density at radius 1 is 1.13 bits per heavy atom. The Labute approximate surface area is 179 Å². The summed E-state index contributed by atoms with van der Waals surface area (Å²) in [6.07, 6.45) is -2.72. The highest BCUT2D eigenvalue weighted by atomic mass is 79.9. The van der Waals surface area contributed by atoms with Crippen molar-refractivity contribution in [3.63, 3.8) is 0 Å². The van der Waals surface area contributed by atoms with Gasteiger partial charge < -0.3 is 5.32 Å². The van der Waals surface area contributed by atoms with Gasteiger partial charge in [0.05, 0.1) is 17.4 Å². The minimum Gasteiger partial charge on any atom is -0.349 e. The molecule has 0 saturated heterocycles. The van der Waals surface area contributed by atoms with E-state index in [1.54, 1.807) is 6.92 Å². The molecule has 1 aromatic heterocycles. The summed E-state index contributed by atoms with van der Waals surface area (Å²) in [4.78, 5) is 12.5. The third kappa shape index (κ3) is 5.27. The van der Waals surface area contributed by atoms with E-state index >= 15 is 0 Å². The van der Waals surface area contributed by atoms with Crippen LogP contribution in [0, 0.1) is 5.82 Å². The highest BCUT2D eigenvalue weighted by Gasteiger charge is 2.40. The molecule has 0 saturated carbocycles. The number of amides is 1. The molecule has 0 bridgehead atoms. The third-order valence-electron chi connectivity index (χ3n) is 4.51. The number of rotatable bonds is 6. The fourth-order valence-corrected chi connectivity index (χ4v) is 3.24. The zero-order chi connectivity index (χ0) is 21.9. The Morgan fingerprint density at radius 3 is 2.37 bits per heavy atom. The predicted octanol–water partition coefficient (Wildman–Crippen LogP) is 5.54. The van der Waals surface area contributed by atoms with E-state index in [-0.39, 0.29) is 11.7 Å². The molecular weight excluding hydrogens is 466 g/mol. The number of hydrogen-bond donors (Lipinski definition) is 1. The van der Waals surface area contributed by atoms with E-state index in [0.29, 0.717) is 17.5 Å². The number of halogens is 5. The smallest absolute Gasteiger partial charge is 0.349 e. The molecule has 30 heavy (non-hydrogen) atoms. The molecule has 2 aromatic carbocycles. The van der Waals surface area contributed by atoms with Crippen LogP contribution in [0.5, 0.6) is 0 Å². The number of alkyl halides is 3. The van der Waals surface area contributed by atoms with Gasteiger partial charge in [0.2, 0.25) is 0 Å². The van der Waals surface area contributed by atoms with Crippen LogP contribution in [0.3, 0.4) is 0 Å². The number of nitrogens with zero attached hydrogens (tertiary/aromatic N) is 2. The lowest BCUT2D eigenvalue weighted by molar-refractivity contribution is -0.143. The summed E-state index contributed by atoms with van der Waals surface area (Å²) in [5.41, 5.74) is -0.723. The number of benzene rings is 2. The lowest BCUT2D eigenvalue weighted by Crippen LogP contribution is -2.34. The van der Waals surface area contributed by atoms with Gasteiger partial charge in [-0.3, -0.25) is 4.79 Å². The Bertz CT molecular complexity index is 1010. The first-order valence-corrected chi connectivity index (χ1v) is 9.91. The zero-order valence-electron chi connectivity index (χ0n) is 15.9. The first kappa shape index (κ1) is 22.0. The van der Waals surface area contributed by atoms with Crippen LogP contribution in [0.15, 0.2) is 59.2 Å². The number of aromatic nitrogens is 2. The Kier molecular flexibility index (Phi) is 6.60. The van der Waals surface area contributed by atoms with Gasteiger partial charge in [0, 0.05) is 10.5 Å². The van der Waals surface area contributed by atoms with E-state index in [4.69, 9.17) is 0 Å². The molecule has 0 spiro atoms. The van der Waals surface area contributed by atoms with Gasteiger partial charge >= 0.3 is 6.18 Å². The maximum Gasteiger partial charge on any atom is 0.434 e. The molecule has 0 aliphatic rings. The van der Waals surface area contributed by atoms with Crippen molar-refractivity contribution in [3.8, 4) is 5.69 Å². The van der Waals surface area contributed by atoms with Crippen molar-refractivity contribution in [2.75, 3.05) is 0 Å². The van der Waals surface area contributed by atoms with Gasteiger partial charge in [0.15, 0.2) is 5.69 Å². The van der Waals surface area contributed by atoms with E-state index in [1.165, 1.54) is 12.1 Å². The fraction of sp³-hybridized carbons (Fsp3) is 0.238. The number of carbonyl (C=O) groups excluding carboxylic acids is 1. The largest absolute Gasteiger partial charge is 0.434 e. The fourth-order valence-electron chi connectivity index (χ4n) is 2.97. The summed E-state index contributed by atoms with van der Waals surface area (Å²) in [6.45, 7) is 1.73. The molecule has 1 unspecified atom stereocenters. The molecule has 4 nitrogen and oxygen atoms in total. The Morgan fingerprint density at radius 2 is 1.77 bits per heavy atom. The highest BCUT2D eigenvalue weighted by molar-refractivity contribution is 9.10. The summed E-state index contributed by atoms with van der Waals surface area (Å²) < 4.78 is 55.7. The van der Waals surface area contributed by atoms with Gasteiger partial charge in [-0.05, 0) is 61.7 Å². The van der Waals surface area contributed by atoms with Crippen LogP contribution in [0.2, 0.25) is 0 Å². The van der Waals surface area contributed by atoms with Gasteiger partial charge in [-0.1, -0.05) is 28.1 Å². The molecular formula is C21H18BrF4N3O. The third-order valence-corrected chi connectivity index (χ3v) is 5.04. The first-order chi connectivity index (χ1) is 14.1. The van der Waals surface area contributed by atoms with Crippen molar-refractivity contribution in [2.24, 2.45) is 0 Å². The monoisotopic (exact) mass is 483 g/mol. The number of carbonyl (C=O) groups is 1. The molecule has 0 fully saturated rings. The van der Waals surface area contributed by atoms with Gasteiger partial charge in [-0.25, -0.2) is 9.07 Å². The van der Waals surface area contributed by atoms with E-state index in [2.05, 4.69) is 26.3 Å². The number of nitrogens with one attached hydrogen (secondary N) is 1. The minimum atomic E-state index is -4.82. The number of hydrogen-bond acceptors (Lipinski definition) is 2. The summed E-state index contributed by atoms with van der Waals surface area (Å²) >= 11 is 3.35. The van der Waals surface area contributed by atoms with Crippen LogP contribution < -0.4 is 5.32 Å². The summed E-state index contributed by atoms with van der Waals surface area (Å²) in [5.74, 6) is -1.45. The molecule has 158 valence electrons. The van der Waals surface area contributed by atoms with E-state index in [1.807, 2.05) is 24.3 Å². The van der Waals surface area contributed by atoms with Gasteiger partial charge in [0.25, 0.3) is 5.91 Å². The van der Waals surface area contributed by atoms with E-state index < -0.39 is 29.2 Å². The minimum absolute atomic E-state index is 0.00561. The maximum absolute atomic E-state index is 13.7. The predicted molar refractivity (Wildman–Crippen MR) is 108 cm³/mol. The molecule has 3 aromatic rings. The summed E-state index contributed by atoms with van der Waals surface area (Å²) in [6, 6.07) is 11.7. The van der Waals surface area contributed by atoms with Crippen LogP contribution in [-0.4, -0.2) is 21.7 Å². The van der Waals surface area contributed by atoms with Crippen molar-refractivity contribution in [1.29, 1.82) is 0 Å². The molecule has 1 heterocycles.